The third-order valence-corrected chi connectivity index (χ3v) is 4.67. The van der Waals surface area contributed by atoms with E-state index >= 15 is 0 Å². The number of rotatable bonds is 8. The molecule has 0 saturated heterocycles. The normalized spacial score (nSPS) is 10.7. The molecule has 142 valence electrons. The van der Waals surface area contributed by atoms with E-state index < -0.39 is 5.91 Å². The molecule has 1 N–H and O–H groups in total. The number of nitrogens with zero attached hydrogens (tertiary/aromatic N) is 2. The Hall–Kier alpha value is -2.87. The molecule has 0 saturated carbocycles. The molecule has 8 heteroatoms. The van der Waals surface area contributed by atoms with Gasteiger partial charge in [-0.05, 0) is 38.0 Å². The van der Waals surface area contributed by atoms with E-state index in [1.807, 2.05) is 32.0 Å². The lowest BCUT2D eigenvalue weighted by Gasteiger charge is -2.12. The average molecular weight is 387 g/mol. The zero-order chi connectivity index (χ0) is 19.2. The summed E-state index contributed by atoms with van der Waals surface area (Å²) in [6.07, 6.45) is 3.54. The van der Waals surface area contributed by atoms with Crippen LogP contribution in [0.1, 0.15) is 29.8 Å². The molecule has 2 heterocycles. The molecule has 7 nitrogen and oxygen atoms in total. The van der Waals surface area contributed by atoms with E-state index in [1.165, 1.54) is 21.9 Å². The number of fused-ring (bicyclic) bond motifs is 1. The molecule has 2 aromatic heterocycles. The third-order valence-electron chi connectivity index (χ3n) is 3.89. The summed E-state index contributed by atoms with van der Waals surface area (Å²) in [5.41, 5.74) is 0.677. The Balaban J connectivity index is 1.65. The molecule has 0 fully saturated rings. The summed E-state index contributed by atoms with van der Waals surface area (Å²) in [6, 6.07) is 5.72. The van der Waals surface area contributed by atoms with Crippen LogP contribution < -0.4 is 20.3 Å². The predicted molar refractivity (Wildman–Crippen MR) is 104 cm³/mol. The lowest BCUT2D eigenvalue weighted by Crippen LogP contribution is -2.32. The standard InChI is InChI=1S/C19H21N3O4S/c1-3-25-15-6-5-13(11-16(15)26-4-2)7-8-20-17(23)14-12-21-19-22(18(14)24)9-10-27-19/h5-6,9-12H,3-4,7-8H2,1-2H3,(H,20,23). The first kappa shape index (κ1) is 18.9. The average Bonchev–Trinajstić information content (AvgIpc) is 3.14. The van der Waals surface area contributed by atoms with Crippen LogP contribution in [0.15, 0.2) is 40.8 Å². The Labute approximate surface area is 160 Å². The fourth-order valence-electron chi connectivity index (χ4n) is 2.65. The number of carbonyl (C=O) groups is 1. The largest absolute Gasteiger partial charge is 0.490 e. The van der Waals surface area contributed by atoms with Gasteiger partial charge in [-0.25, -0.2) is 4.98 Å². The second-order valence-corrected chi connectivity index (χ2v) is 6.56. The first-order valence-corrected chi connectivity index (χ1v) is 9.63. The van der Waals surface area contributed by atoms with Gasteiger partial charge < -0.3 is 14.8 Å². The van der Waals surface area contributed by atoms with Crippen LogP contribution in [0, 0.1) is 0 Å². The van der Waals surface area contributed by atoms with Crippen molar-refractivity contribution in [1.82, 2.24) is 14.7 Å². The number of carbonyl (C=O) groups excluding carboxylic acids is 1. The molecule has 1 amide bonds. The van der Waals surface area contributed by atoms with E-state index in [2.05, 4.69) is 10.3 Å². The summed E-state index contributed by atoms with van der Waals surface area (Å²) in [5, 5.41) is 4.53. The number of nitrogens with one attached hydrogen (secondary N) is 1. The quantitative estimate of drug-likeness (QED) is 0.642. The van der Waals surface area contributed by atoms with Crippen LogP contribution in [0.4, 0.5) is 0 Å². The molecule has 3 aromatic rings. The molecule has 27 heavy (non-hydrogen) atoms. The van der Waals surface area contributed by atoms with Crippen molar-refractivity contribution in [2.24, 2.45) is 0 Å². The van der Waals surface area contributed by atoms with Gasteiger partial charge in [-0.15, -0.1) is 11.3 Å². The second kappa shape index (κ2) is 8.68. The van der Waals surface area contributed by atoms with E-state index in [1.54, 1.807) is 11.6 Å². The summed E-state index contributed by atoms with van der Waals surface area (Å²) in [4.78, 5) is 29.3. The Bertz CT molecular complexity index is 996. The van der Waals surface area contributed by atoms with Crippen molar-refractivity contribution in [2.75, 3.05) is 19.8 Å². The maximum absolute atomic E-state index is 12.3. The number of hydrogen-bond donors (Lipinski definition) is 1. The molecule has 0 radical (unpaired) electrons. The summed E-state index contributed by atoms with van der Waals surface area (Å²) in [7, 11) is 0. The molecule has 0 bridgehead atoms. The summed E-state index contributed by atoms with van der Waals surface area (Å²) in [6.45, 7) is 5.34. The van der Waals surface area contributed by atoms with Crippen LogP contribution in [0.25, 0.3) is 4.96 Å². The number of benzene rings is 1. The predicted octanol–water partition coefficient (Wildman–Crippen LogP) is 2.53. The second-order valence-electron chi connectivity index (χ2n) is 5.69. The van der Waals surface area contributed by atoms with Crippen molar-refractivity contribution >= 4 is 22.2 Å². The monoisotopic (exact) mass is 387 g/mol. The van der Waals surface area contributed by atoms with E-state index in [0.717, 1.165) is 5.56 Å². The minimum absolute atomic E-state index is 0.0348. The smallest absolute Gasteiger partial charge is 0.271 e. The fourth-order valence-corrected chi connectivity index (χ4v) is 3.32. The van der Waals surface area contributed by atoms with Crippen molar-refractivity contribution in [3.8, 4) is 11.5 Å². The number of thiazole rings is 1. The maximum Gasteiger partial charge on any atom is 0.271 e. The molecule has 0 aliphatic heterocycles. The summed E-state index contributed by atoms with van der Waals surface area (Å²) in [5.74, 6) is 0.966. The zero-order valence-electron chi connectivity index (χ0n) is 15.2. The number of amides is 1. The van der Waals surface area contributed by atoms with Crippen molar-refractivity contribution in [3.63, 3.8) is 0 Å². The van der Waals surface area contributed by atoms with E-state index in [9.17, 15) is 9.59 Å². The van der Waals surface area contributed by atoms with Gasteiger partial charge in [0.1, 0.15) is 5.56 Å². The minimum atomic E-state index is -0.427. The fraction of sp³-hybridized carbons (Fsp3) is 0.316. The Kier molecular flexibility index (Phi) is 6.08. The van der Waals surface area contributed by atoms with Gasteiger partial charge in [-0.1, -0.05) is 6.07 Å². The highest BCUT2D eigenvalue weighted by Gasteiger charge is 2.13. The Morgan fingerprint density at radius 1 is 1.22 bits per heavy atom. The lowest BCUT2D eigenvalue weighted by atomic mass is 10.1. The number of hydrogen-bond acceptors (Lipinski definition) is 6. The van der Waals surface area contributed by atoms with E-state index in [0.29, 0.717) is 42.6 Å². The van der Waals surface area contributed by atoms with Crippen LogP contribution in [-0.4, -0.2) is 35.1 Å². The van der Waals surface area contributed by atoms with Crippen molar-refractivity contribution in [3.05, 3.63) is 57.5 Å². The van der Waals surface area contributed by atoms with Crippen molar-refractivity contribution < 1.29 is 14.3 Å². The van der Waals surface area contributed by atoms with Gasteiger partial charge in [-0.3, -0.25) is 14.0 Å². The van der Waals surface area contributed by atoms with E-state index in [4.69, 9.17) is 9.47 Å². The SMILES string of the molecule is CCOc1ccc(CCNC(=O)c2cnc3sccn3c2=O)cc1OCC. The maximum atomic E-state index is 12.3. The highest BCUT2D eigenvalue weighted by Crippen LogP contribution is 2.28. The molecule has 0 spiro atoms. The van der Waals surface area contributed by atoms with Gasteiger partial charge in [0.15, 0.2) is 16.5 Å². The molecule has 1 aromatic carbocycles. The molecule has 3 rings (SSSR count). The molecular weight excluding hydrogens is 366 g/mol. The van der Waals surface area contributed by atoms with Gasteiger partial charge in [-0.2, -0.15) is 0 Å². The third kappa shape index (κ3) is 4.28. The van der Waals surface area contributed by atoms with Gasteiger partial charge in [0, 0.05) is 24.3 Å². The minimum Gasteiger partial charge on any atom is -0.490 e. The van der Waals surface area contributed by atoms with E-state index in [-0.39, 0.29) is 11.1 Å². The lowest BCUT2D eigenvalue weighted by molar-refractivity contribution is 0.0952. The highest BCUT2D eigenvalue weighted by atomic mass is 32.1. The molecule has 0 aliphatic rings. The number of aromatic nitrogens is 2. The molecular formula is C19H21N3O4S. The van der Waals surface area contributed by atoms with Gasteiger partial charge >= 0.3 is 0 Å². The van der Waals surface area contributed by atoms with Gasteiger partial charge in [0.2, 0.25) is 0 Å². The van der Waals surface area contributed by atoms with Crippen LogP contribution in [-0.2, 0) is 6.42 Å². The van der Waals surface area contributed by atoms with Crippen LogP contribution >= 0.6 is 11.3 Å². The van der Waals surface area contributed by atoms with Crippen molar-refractivity contribution in [2.45, 2.75) is 20.3 Å². The van der Waals surface area contributed by atoms with Crippen LogP contribution in [0.3, 0.4) is 0 Å². The van der Waals surface area contributed by atoms with Crippen molar-refractivity contribution in [1.29, 1.82) is 0 Å². The highest BCUT2D eigenvalue weighted by molar-refractivity contribution is 7.15. The zero-order valence-corrected chi connectivity index (χ0v) is 16.0. The first-order valence-electron chi connectivity index (χ1n) is 8.75. The molecule has 0 unspecified atom stereocenters. The Morgan fingerprint density at radius 3 is 2.78 bits per heavy atom. The van der Waals surface area contributed by atoms with Crippen LogP contribution in [0.5, 0.6) is 11.5 Å². The van der Waals surface area contributed by atoms with Gasteiger partial charge in [0.05, 0.1) is 13.2 Å². The summed E-state index contributed by atoms with van der Waals surface area (Å²) >= 11 is 1.34. The van der Waals surface area contributed by atoms with Crippen LogP contribution in [0.2, 0.25) is 0 Å². The number of ether oxygens (including phenoxy) is 2. The summed E-state index contributed by atoms with van der Waals surface area (Å²) < 4.78 is 12.5. The Morgan fingerprint density at radius 2 is 2.00 bits per heavy atom. The van der Waals surface area contributed by atoms with Gasteiger partial charge in [0.25, 0.3) is 11.5 Å². The molecule has 0 atom stereocenters. The molecule has 0 aliphatic carbocycles. The first-order chi connectivity index (χ1) is 13.1. The topological polar surface area (TPSA) is 81.9 Å².